The number of nitrogens with one attached hydrogen (secondary N) is 3. The van der Waals surface area contributed by atoms with Gasteiger partial charge in [0.25, 0.3) is 0 Å². The van der Waals surface area contributed by atoms with E-state index in [1.807, 2.05) is 6.92 Å². The first-order valence-electron chi connectivity index (χ1n) is 13.0. The van der Waals surface area contributed by atoms with Crippen LogP contribution in [0.4, 0.5) is 9.59 Å². The van der Waals surface area contributed by atoms with E-state index in [9.17, 15) is 24.0 Å². The molecule has 0 bridgehead atoms. The summed E-state index contributed by atoms with van der Waals surface area (Å²) in [5.74, 6) is -1.61. The number of alkyl carbamates (subject to hydrolysis) is 2. The largest absolute Gasteiger partial charge is 0.461 e. The Morgan fingerprint density at radius 1 is 0.750 bits per heavy atom. The minimum absolute atomic E-state index is 0.0869. The van der Waals surface area contributed by atoms with Gasteiger partial charge in [0.05, 0.1) is 0 Å². The third kappa shape index (κ3) is 20.1. The third-order valence-electron chi connectivity index (χ3n) is 4.79. The Labute approximate surface area is 235 Å². The number of carbonyl (C=O) groups excluding carboxylic acids is 5. The van der Waals surface area contributed by atoms with E-state index in [-0.39, 0.29) is 50.7 Å². The van der Waals surface area contributed by atoms with Gasteiger partial charge in [0.1, 0.15) is 33.0 Å². The highest BCUT2D eigenvalue weighted by Gasteiger charge is 2.11. The SMILES string of the molecule is C=C(C)C(=O)OCCOC(=O)NC(C)C/C=C/C(=O)OCCOC(=O)NC(C)C/C=C(/C)C(=O)OCCNCC. The van der Waals surface area contributed by atoms with E-state index in [1.165, 1.54) is 19.1 Å². The smallest absolute Gasteiger partial charge is 0.407 e. The molecule has 2 amide bonds. The van der Waals surface area contributed by atoms with Gasteiger partial charge >= 0.3 is 30.1 Å². The zero-order chi connectivity index (χ0) is 30.3. The van der Waals surface area contributed by atoms with Crippen LogP contribution in [0.5, 0.6) is 0 Å². The molecule has 13 heteroatoms. The molecule has 0 aromatic carbocycles. The zero-order valence-electron chi connectivity index (χ0n) is 24.0. The first-order valence-corrected chi connectivity index (χ1v) is 13.0. The van der Waals surface area contributed by atoms with Crippen molar-refractivity contribution in [2.45, 2.75) is 59.5 Å². The van der Waals surface area contributed by atoms with Crippen LogP contribution in [0.15, 0.2) is 36.0 Å². The van der Waals surface area contributed by atoms with E-state index < -0.39 is 30.1 Å². The average molecular weight is 570 g/mol. The lowest BCUT2D eigenvalue weighted by Gasteiger charge is -2.13. The fourth-order valence-corrected chi connectivity index (χ4v) is 2.63. The highest BCUT2D eigenvalue weighted by Crippen LogP contribution is 2.02. The topological polar surface area (TPSA) is 168 Å². The van der Waals surface area contributed by atoms with Crippen molar-refractivity contribution >= 4 is 30.1 Å². The Bertz CT molecular complexity index is 901. The average Bonchev–Trinajstić information content (AvgIpc) is 2.89. The summed E-state index contributed by atoms with van der Waals surface area (Å²) in [4.78, 5) is 58.4. The molecule has 0 aliphatic rings. The zero-order valence-corrected chi connectivity index (χ0v) is 24.0. The highest BCUT2D eigenvalue weighted by molar-refractivity contribution is 5.87. The standard InChI is InChI=1S/C27H43N3O10/c1-7-28-13-14-37-25(33)20(4)11-12-22(6)30-27(35)39-17-15-36-23(31)10-8-9-21(5)29-26(34)40-18-16-38-24(32)19(2)3/h8,10-11,21-22,28H,2,7,9,12-18H2,1,3-6H3,(H,29,34)(H,30,35)/b10-8+,20-11-. The molecular formula is C27H43N3O10. The second-order valence-electron chi connectivity index (χ2n) is 8.70. The van der Waals surface area contributed by atoms with Crippen molar-refractivity contribution in [1.82, 2.24) is 16.0 Å². The summed E-state index contributed by atoms with van der Waals surface area (Å²) < 4.78 is 24.8. The van der Waals surface area contributed by atoms with Gasteiger partial charge in [-0.05, 0) is 47.1 Å². The molecule has 13 nitrogen and oxygen atoms in total. The molecule has 0 aliphatic heterocycles. The summed E-state index contributed by atoms with van der Waals surface area (Å²) in [5, 5.41) is 8.23. The van der Waals surface area contributed by atoms with E-state index in [2.05, 4.69) is 22.5 Å². The van der Waals surface area contributed by atoms with Crippen LogP contribution in [0.1, 0.15) is 47.5 Å². The maximum Gasteiger partial charge on any atom is 0.407 e. The molecule has 0 fully saturated rings. The predicted molar refractivity (Wildman–Crippen MR) is 146 cm³/mol. The molecule has 0 saturated carbocycles. The first-order chi connectivity index (χ1) is 19.0. The summed E-state index contributed by atoms with van der Waals surface area (Å²) >= 11 is 0. The molecule has 0 radical (unpaired) electrons. The molecule has 0 saturated heterocycles. The highest BCUT2D eigenvalue weighted by atomic mass is 16.6. The van der Waals surface area contributed by atoms with Gasteiger partial charge in [0.2, 0.25) is 0 Å². The molecule has 2 unspecified atom stereocenters. The minimum atomic E-state index is -0.691. The number of rotatable bonds is 19. The number of hydrogen-bond donors (Lipinski definition) is 3. The van der Waals surface area contributed by atoms with E-state index in [1.54, 1.807) is 26.8 Å². The molecule has 0 aromatic rings. The van der Waals surface area contributed by atoms with Crippen LogP contribution >= 0.6 is 0 Å². The van der Waals surface area contributed by atoms with Crippen LogP contribution in [0, 0.1) is 0 Å². The van der Waals surface area contributed by atoms with Crippen molar-refractivity contribution in [3.63, 3.8) is 0 Å². The number of ether oxygens (including phenoxy) is 5. The normalized spacial score (nSPS) is 12.6. The summed E-state index contributed by atoms with van der Waals surface area (Å²) in [5.41, 5.74) is 0.696. The van der Waals surface area contributed by atoms with E-state index in [0.717, 1.165) is 6.54 Å². The molecule has 0 aromatic heterocycles. The maximum atomic E-state index is 11.9. The molecular weight excluding hydrogens is 526 g/mol. The molecule has 3 N–H and O–H groups in total. The van der Waals surface area contributed by atoms with Crippen molar-refractivity contribution < 1.29 is 47.7 Å². The molecule has 226 valence electrons. The Hall–Kier alpha value is -3.87. The van der Waals surface area contributed by atoms with Gasteiger partial charge in [-0.2, -0.15) is 0 Å². The Morgan fingerprint density at radius 3 is 1.85 bits per heavy atom. The first kappa shape index (κ1) is 36.1. The summed E-state index contributed by atoms with van der Waals surface area (Å²) in [6, 6.07) is -0.634. The molecule has 0 rings (SSSR count). The lowest BCUT2D eigenvalue weighted by molar-refractivity contribution is -0.140. The maximum absolute atomic E-state index is 11.9. The number of carbonyl (C=O) groups is 5. The van der Waals surface area contributed by atoms with Gasteiger partial charge in [-0.15, -0.1) is 0 Å². The summed E-state index contributed by atoms with van der Waals surface area (Å²) in [6.45, 7) is 13.2. The van der Waals surface area contributed by atoms with Crippen molar-refractivity contribution in [3.8, 4) is 0 Å². The Kier molecular flexibility index (Phi) is 19.9. The van der Waals surface area contributed by atoms with Gasteiger partial charge < -0.3 is 39.6 Å². The molecule has 2 atom stereocenters. The number of amides is 2. The quantitative estimate of drug-likeness (QED) is 0.0903. The van der Waals surface area contributed by atoms with Gasteiger partial charge in [0.15, 0.2) is 0 Å². The summed E-state index contributed by atoms with van der Waals surface area (Å²) in [6.07, 6.45) is 3.75. The van der Waals surface area contributed by atoms with Crippen LogP contribution in [-0.4, -0.2) is 88.3 Å². The molecule has 40 heavy (non-hydrogen) atoms. The summed E-state index contributed by atoms with van der Waals surface area (Å²) in [7, 11) is 0. The van der Waals surface area contributed by atoms with Crippen molar-refractivity contribution in [3.05, 3.63) is 36.0 Å². The number of esters is 3. The van der Waals surface area contributed by atoms with Crippen LogP contribution in [-0.2, 0) is 38.1 Å². The van der Waals surface area contributed by atoms with Gasteiger partial charge in [0, 0.05) is 35.9 Å². The lowest BCUT2D eigenvalue weighted by atomic mass is 10.1. The molecule has 0 heterocycles. The van der Waals surface area contributed by atoms with E-state index >= 15 is 0 Å². The van der Waals surface area contributed by atoms with Crippen LogP contribution < -0.4 is 16.0 Å². The van der Waals surface area contributed by atoms with E-state index in [0.29, 0.717) is 25.0 Å². The monoisotopic (exact) mass is 569 g/mol. The van der Waals surface area contributed by atoms with Crippen molar-refractivity contribution in [2.24, 2.45) is 0 Å². The van der Waals surface area contributed by atoms with Crippen molar-refractivity contribution in [2.75, 3.05) is 46.1 Å². The van der Waals surface area contributed by atoms with Gasteiger partial charge in [-0.1, -0.05) is 25.7 Å². The predicted octanol–water partition coefficient (Wildman–Crippen LogP) is 2.31. The van der Waals surface area contributed by atoms with Gasteiger partial charge in [-0.3, -0.25) is 0 Å². The lowest BCUT2D eigenvalue weighted by Crippen LogP contribution is -2.33. The Balaban J connectivity index is 4.02. The minimum Gasteiger partial charge on any atom is -0.461 e. The van der Waals surface area contributed by atoms with Crippen LogP contribution in [0.3, 0.4) is 0 Å². The molecule has 0 spiro atoms. The van der Waals surface area contributed by atoms with Crippen LogP contribution in [0.2, 0.25) is 0 Å². The fourth-order valence-electron chi connectivity index (χ4n) is 2.63. The van der Waals surface area contributed by atoms with Crippen LogP contribution in [0.25, 0.3) is 0 Å². The number of hydrogen-bond acceptors (Lipinski definition) is 11. The fraction of sp³-hybridized carbons (Fsp3) is 0.593. The second kappa shape index (κ2) is 22.0. The van der Waals surface area contributed by atoms with Crippen molar-refractivity contribution in [1.29, 1.82) is 0 Å². The number of likely N-dealkylation sites (N-methyl/N-ethyl adjacent to an activating group) is 1. The molecule has 0 aliphatic carbocycles. The Morgan fingerprint density at radius 2 is 1.27 bits per heavy atom. The van der Waals surface area contributed by atoms with Gasteiger partial charge in [-0.25, -0.2) is 24.0 Å². The second-order valence-corrected chi connectivity index (χ2v) is 8.70. The third-order valence-corrected chi connectivity index (χ3v) is 4.79. The van der Waals surface area contributed by atoms with E-state index in [4.69, 9.17) is 23.7 Å².